The fourth-order valence-corrected chi connectivity index (χ4v) is 4.20. The maximum atomic E-state index is 13.1. The van der Waals surface area contributed by atoms with Crippen molar-refractivity contribution < 1.29 is 4.55 Å². The van der Waals surface area contributed by atoms with E-state index >= 15 is 0 Å². The van der Waals surface area contributed by atoms with Gasteiger partial charge in [0.1, 0.15) is 0 Å². The summed E-state index contributed by atoms with van der Waals surface area (Å²) in [6.45, 7) is 8.53. The highest BCUT2D eigenvalue weighted by Gasteiger charge is 2.27. The molecule has 0 aromatic heterocycles. The first-order chi connectivity index (χ1) is 9.93. The van der Waals surface area contributed by atoms with E-state index in [4.69, 9.17) is 5.73 Å². The van der Waals surface area contributed by atoms with Crippen LogP contribution in [-0.4, -0.2) is 4.55 Å². The lowest BCUT2D eigenvalue weighted by Gasteiger charge is -2.21. The molecule has 2 aromatic rings. The monoisotopic (exact) mass is 301 g/mol. The van der Waals surface area contributed by atoms with Crippen molar-refractivity contribution in [2.24, 2.45) is 0 Å². The predicted molar refractivity (Wildman–Crippen MR) is 90.1 cm³/mol. The van der Waals surface area contributed by atoms with Gasteiger partial charge in [-0.15, -0.1) is 0 Å². The maximum Gasteiger partial charge on any atom is 0.181 e. The largest absolute Gasteiger partial charge is 0.606 e. The molecule has 0 bridgehead atoms. The van der Waals surface area contributed by atoms with Crippen LogP contribution in [0, 0.1) is 0 Å². The smallest absolute Gasteiger partial charge is 0.181 e. The summed E-state index contributed by atoms with van der Waals surface area (Å²) in [7, 11) is 0. The zero-order valence-electron chi connectivity index (χ0n) is 13.1. The van der Waals surface area contributed by atoms with Gasteiger partial charge in [-0.05, 0) is 24.0 Å². The number of anilines is 1. The minimum atomic E-state index is -1.25. The molecule has 2 rings (SSSR count). The van der Waals surface area contributed by atoms with Gasteiger partial charge in [-0.3, -0.25) is 0 Å². The topological polar surface area (TPSA) is 49.1 Å². The van der Waals surface area contributed by atoms with E-state index in [2.05, 4.69) is 45.9 Å². The summed E-state index contributed by atoms with van der Waals surface area (Å²) < 4.78 is 13.1. The molecule has 0 aliphatic rings. The van der Waals surface area contributed by atoms with Gasteiger partial charge in [-0.25, -0.2) is 0 Å². The predicted octanol–water partition coefficient (Wildman–Crippen LogP) is 4.68. The van der Waals surface area contributed by atoms with Gasteiger partial charge < -0.3 is 10.3 Å². The van der Waals surface area contributed by atoms with E-state index in [0.29, 0.717) is 22.4 Å². The number of para-hydroxylation sites is 1. The first-order valence-electron chi connectivity index (χ1n) is 7.32. The van der Waals surface area contributed by atoms with Crippen molar-refractivity contribution in [3.05, 3.63) is 53.6 Å². The second-order valence-electron chi connectivity index (χ2n) is 5.88. The third kappa shape index (κ3) is 3.25. The fourth-order valence-electron chi connectivity index (χ4n) is 2.46. The molecule has 0 heterocycles. The van der Waals surface area contributed by atoms with Crippen LogP contribution in [-0.2, 0) is 11.2 Å². The summed E-state index contributed by atoms with van der Waals surface area (Å²) in [5.74, 6) is 0.653. The summed E-state index contributed by atoms with van der Waals surface area (Å²) in [4.78, 5) is 1.63. The van der Waals surface area contributed by atoms with Crippen molar-refractivity contribution in [3.8, 4) is 0 Å². The lowest BCUT2D eigenvalue weighted by atomic mass is 9.95. The molecule has 112 valence electrons. The van der Waals surface area contributed by atoms with Gasteiger partial charge in [-0.2, -0.15) is 0 Å². The summed E-state index contributed by atoms with van der Waals surface area (Å²) in [6.07, 6.45) is 0. The molecule has 3 heteroatoms. The van der Waals surface area contributed by atoms with Crippen molar-refractivity contribution in [1.82, 2.24) is 0 Å². The minimum Gasteiger partial charge on any atom is -0.606 e. The molecule has 0 saturated heterocycles. The van der Waals surface area contributed by atoms with Crippen LogP contribution in [0.1, 0.15) is 50.7 Å². The van der Waals surface area contributed by atoms with Crippen LogP contribution in [0.15, 0.2) is 52.3 Å². The van der Waals surface area contributed by atoms with Gasteiger partial charge in [0.2, 0.25) is 0 Å². The molecule has 0 radical (unpaired) electrons. The van der Waals surface area contributed by atoms with E-state index in [-0.39, 0.29) is 0 Å². The first kappa shape index (κ1) is 15.9. The van der Waals surface area contributed by atoms with Crippen LogP contribution < -0.4 is 5.73 Å². The van der Waals surface area contributed by atoms with E-state index in [1.165, 1.54) is 0 Å². The molecule has 0 aliphatic carbocycles. The van der Waals surface area contributed by atoms with Crippen molar-refractivity contribution in [2.75, 3.05) is 5.73 Å². The van der Waals surface area contributed by atoms with Crippen LogP contribution in [0.2, 0.25) is 0 Å². The molecule has 2 nitrogen and oxygen atoms in total. The number of rotatable bonds is 4. The van der Waals surface area contributed by atoms with Crippen LogP contribution in [0.3, 0.4) is 0 Å². The van der Waals surface area contributed by atoms with E-state index in [0.717, 1.165) is 16.0 Å². The van der Waals surface area contributed by atoms with Gasteiger partial charge in [0.25, 0.3) is 0 Å². The van der Waals surface area contributed by atoms with Crippen molar-refractivity contribution in [2.45, 2.75) is 49.3 Å². The van der Waals surface area contributed by atoms with E-state index in [1.54, 1.807) is 6.07 Å². The van der Waals surface area contributed by atoms with Crippen molar-refractivity contribution in [1.29, 1.82) is 0 Å². The second kappa shape index (κ2) is 6.54. The van der Waals surface area contributed by atoms with Crippen LogP contribution in [0.4, 0.5) is 5.69 Å². The Hall–Kier alpha value is -1.45. The zero-order valence-corrected chi connectivity index (χ0v) is 13.9. The van der Waals surface area contributed by atoms with E-state index < -0.39 is 11.2 Å². The SMILES string of the molecule is CC(C)c1cccc(C(C)C)c1[S+]([O-])c1ccccc1N. The average molecular weight is 301 g/mol. The quantitative estimate of drug-likeness (QED) is 0.658. The highest BCUT2D eigenvalue weighted by atomic mass is 32.2. The molecule has 0 spiro atoms. The second-order valence-corrected chi connectivity index (χ2v) is 7.27. The summed E-state index contributed by atoms with van der Waals surface area (Å²) in [5, 5.41) is 0. The van der Waals surface area contributed by atoms with Gasteiger partial charge in [0.05, 0.1) is 5.69 Å². The molecule has 21 heavy (non-hydrogen) atoms. The molecule has 0 aliphatic heterocycles. The Bertz CT molecular complexity index is 596. The van der Waals surface area contributed by atoms with E-state index in [9.17, 15) is 4.55 Å². The third-order valence-electron chi connectivity index (χ3n) is 3.62. The molecule has 1 unspecified atom stereocenters. The normalized spacial score (nSPS) is 12.9. The van der Waals surface area contributed by atoms with Gasteiger partial charge >= 0.3 is 0 Å². The Morgan fingerprint density at radius 3 is 1.86 bits per heavy atom. The summed E-state index contributed by atoms with van der Waals surface area (Å²) >= 11 is -1.25. The van der Waals surface area contributed by atoms with Gasteiger partial charge in [-0.1, -0.05) is 58.0 Å². The number of benzene rings is 2. The molecule has 0 saturated carbocycles. The van der Waals surface area contributed by atoms with Gasteiger partial charge in [0.15, 0.2) is 9.79 Å². The lowest BCUT2D eigenvalue weighted by Crippen LogP contribution is -2.12. The highest BCUT2D eigenvalue weighted by molar-refractivity contribution is 7.91. The van der Waals surface area contributed by atoms with Crippen molar-refractivity contribution in [3.63, 3.8) is 0 Å². The number of nitrogen functional groups attached to an aromatic ring is 1. The fraction of sp³-hybridized carbons (Fsp3) is 0.333. The van der Waals surface area contributed by atoms with Crippen LogP contribution in [0.5, 0.6) is 0 Å². The lowest BCUT2D eigenvalue weighted by molar-refractivity contribution is 0.590. The summed E-state index contributed by atoms with van der Waals surface area (Å²) in [5.41, 5.74) is 8.89. The molecule has 1 atom stereocenters. The molecular weight excluding hydrogens is 278 g/mol. The molecular formula is C18H23NOS. The molecule has 2 aromatic carbocycles. The Labute approximate surface area is 130 Å². The number of hydrogen-bond donors (Lipinski definition) is 1. The Kier molecular flexibility index (Phi) is 4.96. The van der Waals surface area contributed by atoms with E-state index in [1.807, 2.05) is 18.2 Å². The minimum absolute atomic E-state index is 0.326. The Morgan fingerprint density at radius 1 is 0.857 bits per heavy atom. The standard InChI is InChI=1S/C18H23NOS/c1-12(2)14-8-7-9-15(13(3)4)18(14)21(20)17-11-6-5-10-16(17)19/h5-13H,19H2,1-4H3. The average Bonchev–Trinajstić information content (AvgIpc) is 2.46. The number of hydrogen-bond acceptors (Lipinski definition) is 2. The molecule has 0 amide bonds. The van der Waals surface area contributed by atoms with Crippen LogP contribution in [0.25, 0.3) is 0 Å². The Morgan fingerprint density at radius 2 is 1.38 bits per heavy atom. The van der Waals surface area contributed by atoms with Crippen LogP contribution >= 0.6 is 0 Å². The van der Waals surface area contributed by atoms with Gasteiger partial charge in [0, 0.05) is 22.3 Å². The third-order valence-corrected chi connectivity index (χ3v) is 5.24. The molecule has 2 N–H and O–H groups in total. The summed E-state index contributed by atoms with van der Waals surface area (Å²) in [6, 6.07) is 13.6. The molecule has 0 fully saturated rings. The Balaban J connectivity index is 2.63. The zero-order chi connectivity index (χ0) is 15.6. The maximum absolute atomic E-state index is 13.1. The van der Waals surface area contributed by atoms with Crippen molar-refractivity contribution >= 4 is 16.9 Å². The number of nitrogens with two attached hydrogens (primary N) is 1. The first-order valence-corrected chi connectivity index (χ1v) is 8.47. The highest BCUT2D eigenvalue weighted by Crippen LogP contribution is 2.36.